The summed E-state index contributed by atoms with van der Waals surface area (Å²) in [5.41, 5.74) is 3.06. The number of carbonyl (C=O) groups excluding carboxylic acids is 2. The van der Waals surface area contributed by atoms with Crippen molar-refractivity contribution in [3.05, 3.63) is 101 Å². The lowest BCUT2D eigenvalue weighted by atomic mass is 10.0. The maximum absolute atomic E-state index is 13.8. The van der Waals surface area contributed by atoms with Crippen LogP contribution >= 0.6 is 0 Å². The number of nitrogens with zero attached hydrogens (tertiary/aromatic N) is 2. The molecule has 3 aromatic carbocycles. The van der Waals surface area contributed by atoms with Gasteiger partial charge in [0, 0.05) is 32.5 Å². The number of anilines is 1. The van der Waals surface area contributed by atoms with E-state index in [9.17, 15) is 22.4 Å². The summed E-state index contributed by atoms with van der Waals surface area (Å²) in [7, 11) is -3.58. The SMILES string of the molecule is CCCNC(=O)[C@@H](Cc1ccccc1)N(Cc1ccc(F)cc1)C(=O)CCCN(c1cccc(C)c1)S(C)(=O)=O. The molecule has 1 atom stereocenters. The molecule has 0 aromatic heterocycles. The number of rotatable bonds is 14. The van der Waals surface area contributed by atoms with E-state index in [1.165, 1.54) is 21.3 Å². The van der Waals surface area contributed by atoms with Crippen LogP contribution in [0.25, 0.3) is 0 Å². The second-order valence-corrected chi connectivity index (χ2v) is 11.8. The van der Waals surface area contributed by atoms with Gasteiger partial charge >= 0.3 is 0 Å². The zero-order valence-corrected chi connectivity index (χ0v) is 24.2. The Labute approximate surface area is 237 Å². The summed E-state index contributed by atoms with van der Waals surface area (Å²) in [6.45, 7) is 4.54. The Balaban J connectivity index is 1.86. The van der Waals surface area contributed by atoms with Gasteiger partial charge in [-0.1, -0.05) is 61.5 Å². The molecule has 0 fully saturated rings. The van der Waals surface area contributed by atoms with E-state index >= 15 is 0 Å². The van der Waals surface area contributed by atoms with Gasteiger partial charge in [0.25, 0.3) is 0 Å². The van der Waals surface area contributed by atoms with Gasteiger partial charge in [-0.3, -0.25) is 13.9 Å². The molecular formula is C31H38FN3O4S. The van der Waals surface area contributed by atoms with Gasteiger partial charge in [-0.25, -0.2) is 12.8 Å². The normalized spacial score (nSPS) is 12.0. The molecular weight excluding hydrogens is 529 g/mol. The predicted molar refractivity (Wildman–Crippen MR) is 157 cm³/mol. The van der Waals surface area contributed by atoms with Crippen LogP contribution in [-0.4, -0.2) is 50.5 Å². The fourth-order valence-corrected chi connectivity index (χ4v) is 5.45. The smallest absolute Gasteiger partial charge is 0.243 e. The molecule has 0 aliphatic carbocycles. The molecule has 214 valence electrons. The molecule has 0 radical (unpaired) electrons. The van der Waals surface area contributed by atoms with Gasteiger partial charge in [0.05, 0.1) is 11.9 Å². The van der Waals surface area contributed by atoms with Crippen molar-refractivity contribution in [2.75, 3.05) is 23.7 Å². The number of carbonyl (C=O) groups is 2. The Morgan fingerprint density at radius 1 is 0.950 bits per heavy atom. The minimum atomic E-state index is -3.58. The van der Waals surface area contributed by atoms with E-state index in [0.717, 1.165) is 23.8 Å². The van der Waals surface area contributed by atoms with Gasteiger partial charge in [-0.15, -0.1) is 0 Å². The number of nitrogens with one attached hydrogen (secondary N) is 1. The summed E-state index contributed by atoms with van der Waals surface area (Å²) >= 11 is 0. The summed E-state index contributed by atoms with van der Waals surface area (Å²) in [5.74, 6) is -0.937. The molecule has 0 unspecified atom stereocenters. The maximum Gasteiger partial charge on any atom is 0.243 e. The highest BCUT2D eigenvalue weighted by Gasteiger charge is 2.30. The van der Waals surface area contributed by atoms with Crippen molar-refractivity contribution in [1.29, 1.82) is 0 Å². The molecule has 3 aromatic rings. The largest absolute Gasteiger partial charge is 0.354 e. The Kier molecular flexibility index (Phi) is 11.3. The number of amides is 2. The van der Waals surface area contributed by atoms with Gasteiger partial charge in [0.2, 0.25) is 21.8 Å². The van der Waals surface area contributed by atoms with Crippen LogP contribution in [0.1, 0.15) is 42.9 Å². The fourth-order valence-electron chi connectivity index (χ4n) is 4.49. The zero-order valence-electron chi connectivity index (χ0n) is 23.3. The van der Waals surface area contributed by atoms with Crippen molar-refractivity contribution in [3.63, 3.8) is 0 Å². The quantitative estimate of drug-likeness (QED) is 0.302. The highest BCUT2D eigenvalue weighted by molar-refractivity contribution is 7.92. The van der Waals surface area contributed by atoms with Crippen molar-refractivity contribution in [3.8, 4) is 0 Å². The predicted octanol–water partition coefficient (Wildman–Crippen LogP) is 4.85. The summed E-state index contributed by atoms with van der Waals surface area (Å²) < 4.78 is 40.0. The third-order valence-corrected chi connectivity index (χ3v) is 7.72. The molecule has 0 bridgehead atoms. The van der Waals surface area contributed by atoms with E-state index in [0.29, 0.717) is 24.2 Å². The van der Waals surface area contributed by atoms with E-state index in [4.69, 9.17) is 0 Å². The number of sulfonamides is 1. The minimum Gasteiger partial charge on any atom is -0.354 e. The second kappa shape index (κ2) is 14.6. The standard InChI is InChI=1S/C31H38FN3O4S/c1-4-19-33-31(37)29(22-25-11-6-5-7-12-25)34(23-26-15-17-27(32)18-16-26)30(36)14-9-20-35(40(3,38)39)28-13-8-10-24(2)21-28/h5-8,10-13,15-18,21,29H,4,9,14,19-20,22-23H2,1-3H3,(H,33,37)/t29-/m1/s1. The molecule has 0 saturated heterocycles. The molecule has 7 nitrogen and oxygen atoms in total. The Hall–Kier alpha value is -3.72. The average molecular weight is 568 g/mol. The monoisotopic (exact) mass is 567 g/mol. The van der Waals surface area contributed by atoms with Crippen LogP contribution in [-0.2, 0) is 32.6 Å². The van der Waals surface area contributed by atoms with Crippen LogP contribution in [0.15, 0.2) is 78.9 Å². The summed E-state index contributed by atoms with van der Waals surface area (Å²) in [4.78, 5) is 28.7. The Morgan fingerprint density at radius 2 is 1.65 bits per heavy atom. The molecule has 40 heavy (non-hydrogen) atoms. The summed E-state index contributed by atoms with van der Waals surface area (Å²) in [6, 6.07) is 21.7. The molecule has 0 heterocycles. The van der Waals surface area contributed by atoms with Crippen LogP contribution in [0, 0.1) is 12.7 Å². The Bertz CT molecular complexity index is 1360. The first-order valence-electron chi connectivity index (χ1n) is 13.5. The van der Waals surface area contributed by atoms with Crippen molar-refractivity contribution in [2.45, 2.75) is 52.1 Å². The lowest BCUT2D eigenvalue weighted by Gasteiger charge is -2.32. The highest BCUT2D eigenvalue weighted by atomic mass is 32.2. The summed E-state index contributed by atoms with van der Waals surface area (Å²) in [6.07, 6.45) is 2.49. The van der Waals surface area contributed by atoms with E-state index in [1.54, 1.807) is 30.3 Å². The van der Waals surface area contributed by atoms with Crippen LogP contribution in [0.5, 0.6) is 0 Å². The van der Waals surface area contributed by atoms with Crippen molar-refractivity contribution in [1.82, 2.24) is 10.2 Å². The highest BCUT2D eigenvalue weighted by Crippen LogP contribution is 2.21. The molecule has 3 rings (SSSR count). The van der Waals surface area contributed by atoms with Crippen LogP contribution in [0.4, 0.5) is 10.1 Å². The number of benzene rings is 3. The van der Waals surface area contributed by atoms with Gasteiger partial charge in [0.1, 0.15) is 11.9 Å². The van der Waals surface area contributed by atoms with Crippen molar-refractivity contribution < 1.29 is 22.4 Å². The first kappa shape index (κ1) is 30.8. The summed E-state index contributed by atoms with van der Waals surface area (Å²) in [5, 5.41) is 2.92. The third-order valence-electron chi connectivity index (χ3n) is 6.53. The number of aryl methyl sites for hydroxylation is 1. The second-order valence-electron chi connectivity index (χ2n) is 9.92. The van der Waals surface area contributed by atoms with E-state index in [2.05, 4.69) is 5.32 Å². The first-order chi connectivity index (χ1) is 19.1. The van der Waals surface area contributed by atoms with Gasteiger partial charge in [0.15, 0.2) is 0 Å². The molecule has 2 amide bonds. The number of hydrogen-bond acceptors (Lipinski definition) is 4. The van der Waals surface area contributed by atoms with Crippen LogP contribution < -0.4 is 9.62 Å². The van der Waals surface area contributed by atoms with Gasteiger partial charge in [-0.2, -0.15) is 0 Å². The minimum absolute atomic E-state index is 0.0331. The van der Waals surface area contributed by atoms with E-state index in [1.807, 2.05) is 50.2 Å². The molecule has 0 aliphatic rings. The van der Waals surface area contributed by atoms with E-state index in [-0.39, 0.29) is 43.6 Å². The Morgan fingerprint density at radius 3 is 2.27 bits per heavy atom. The fraction of sp³-hybridized carbons (Fsp3) is 0.355. The van der Waals surface area contributed by atoms with Crippen LogP contribution in [0.2, 0.25) is 0 Å². The molecule has 0 saturated carbocycles. The van der Waals surface area contributed by atoms with Crippen molar-refractivity contribution >= 4 is 27.5 Å². The van der Waals surface area contributed by atoms with Gasteiger partial charge < -0.3 is 10.2 Å². The lowest BCUT2D eigenvalue weighted by Crippen LogP contribution is -2.50. The van der Waals surface area contributed by atoms with Crippen LogP contribution in [0.3, 0.4) is 0 Å². The average Bonchev–Trinajstić information content (AvgIpc) is 2.92. The number of hydrogen-bond donors (Lipinski definition) is 1. The zero-order chi connectivity index (χ0) is 29.1. The molecule has 9 heteroatoms. The third kappa shape index (κ3) is 9.19. The van der Waals surface area contributed by atoms with E-state index < -0.39 is 16.1 Å². The molecule has 1 N–H and O–H groups in total. The van der Waals surface area contributed by atoms with Crippen molar-refractivity contribution in [2.24, 2.45) is 0 Å². The lowest BCUT2D eigenvalue weighted by molar-refractivity contribution is -0.141. The molecule has 0 spiro atoms. The maximum atomic E-state index is 13.8. The molecule has 0 aliphatic heterocycles. The number of halogens is 1. The topological polar surface area (TPSA) is 86.8 Å². The first-order valence-corrected chi connectivity index (χ1v) is 15.3. The van der Waals surface area contributed by atoms with Gasteiger partial charge in [-0.05, 0) is 60.7 Å².